The molecule has 0 atom stereocenters. The van der Waals surface area contributed by atoms with Gasteiger partial charge >= 0.3 is 0 Å². The zero-order valence-corrected chi connectivity index (χ0v) is 10.6. The van der Waals surface area contributed by atoms with Gasteiger partial charge in [0, 0.05) is 30.5 Å². The maximum Gasteiger partial charge on any atom is 0.0642 e. The zero-order valence-electron chi connectivity index (χ0n) is 9.82. The Morgan fingerprint density at radius 1 is 1.24 bits per heavy atom. The molecule has 0 aliphatic carbocycles. The summed E-state index contributed by atoms with van der Waals surface area (Å²) in [4.78, 5) is 0. The van der Waals surface area contributed by atoms with Crippen LogP contribution in [0.4, 0.5) is 5.69 Å². The minimum atomic E-state index is 0.371. The average molecular weight is 256 g/mol. The third-order valence-corrected chi connectivity index (χ3v) is 3.05. The minimum Gasteiger partial charge on any atom is -0.383 e. The summed E-state index contributed by atoms with van der Waals surface area (Å²) in [5.74, 6) is 0. The largest absolute Gasteiger partial charge is 0.383 e. The number of rotatable bonds is 5. The molecular formula is C13H18ClNO2. The van der Waals surface area contributed by atoms with Crippen LogP contribution in [0.5, 0.6) is 0 Å². The standard InChI is InChI=1S/C13H18ClNO2/c14-11-1-3-12(4-2-11)15-7-10-17-13-5-8-16-9-6-13/h1-4,13,15H,5-10H2. The van der Waals surface area contributed by atoms with Crippen LogP contribution in [-0.4, -0.2) is 32.5 Å². The van der Waals surface area contributed by atoms with Gasteiger partial charge in [0.2, 0.25) is 0 Å². The van der Waals surface area contributed by atoms with Crippen molar-refractivity contribution in [3.8, 4) is 0 Å². The summed E-state index contributed by atoms with van der Waals surface area (Å²) in [5, 5.41) is 4.05. The molecule has 0 radical (unpaired) electrons. The topological polar surface area (TPSA) is 30.5 Å². The number of hydrogen-bond acceptors (Lipinski definition) is 3. The van der Waals surface area contributed by atoms with Crippen LogP contribution in [0.2, 0.25) is 5.02 Å². The molecule has 3 nitrogen and oxygen atoms in total. The monoisotopic (exact) mass is 255 g/mol. The highest BCUT2D eigenvalue weighted by Crippen LogP contribution is 2.13. The normalized spacial score (nSPS) is 17.0. The fourth-order valence-electron chi connectivity index (χ4n) is 1.83. The summed E-state index contributed by atoms with van der Waals surface area (Å²) >= 11 is 5.81. The molecule has 1 aromatic rings. The van der Waals surface area contributed by atoms with Crippen LogP contribution in [0, 0.1) is 0 Å². The van der Waals surface area contributed by atoms with Gasteiger partial charge in [0.25, 0.3) is 0 Å². The third kappa shape index (κ3) is 4.54. The van der Waals surface area contributed by atoms with Crippen LogP contribution in [0.25, 0.3) is 0 Å². The molecule has 2 rings (SSSR count). The molecule has 1 fully saturated rings. The van der Waals surface area contributed by atoms with Crippen molar-refractivity contribution in [2.75, 3.05) is 31.7 Å². The van der Waals surface area contributed by atoms with E-state index in [4.69, 9.17) is 21.1 Å². The van der Waals surface area contributed by atoms with Crippen molar-refractivity contribution in [1.82, 2.24) is 0 Å². The number of ether oxygens (including phenoxy) is 2. The summed E-state index contributed by atoms with van der Waals surface area (Å²) in [5.41, 5.74) is 1.07. The van der Waals surface area contributed by atoms with Gasteiger partial charge in [-0.25, -0.2) is 0 Å². The Morgan fingerprint density at radius 3 is 2.65 bits per heavy atom. The predicted octanol–water partition coefficient (Wildman–Crippen LogP) is 2.95. The van der Waals surface area contributed by atoms with Crippen LogP contribution in [0.3, 0.4) is 0 Å². The molecular weight excluding hydrogens is 238 g/mol. The van der Waals surface area contributed by atoms with Gasteiger partial charge in [-0.1, -0.05) is 11.6 Å². The average Bonchev–Trinajstić information content (AvgIpc) is 2.38. The Bertz CT molecular complexity index is 323. The highest BCUT2D eigenvalue weighted by Gasteiger charge is 2.13. The lowest BCUT2D eigenvalue weighted by molar-refractivity contribution is -0.0283. The summed E-state index contributed by atoms with van der Waals surface area (Å²) in [7, 11) is 0. The predicted molar refractivity (Wildman–Crippen MR) is 69.7 cm³/mol. The van der Waals surface area contributed by atoms with Crippen molar-refractivity contribution in [2.45, 2.75) is 18.9 Å². The molecule has 4 heteroatoms. The molecule has 1 N–H and O–H groups in total. The first-order valence-electron chi connectivity index (χ1n) is 6.03. The summed E-state index contributed by atoms with van der Waals surface area (Å²) < 4.78 is 11.0. The van der Waals surface area contributed by atoms with Crippen LogP contribution in [-0.2, 0) is 9.47 Å². The quantitative estimate of drug-likeness (QED) is 0.821. The first-order chi connectivity index (χ1) is 8.34. The van der Waals surface area contributed by atoms with Gasteiger partial charge in [0.1, 0.15) is 0 Å². The zero-order chi connectivity index (χ0) is 11.9. The van der Waals surface area contributed by atoms with E-state index in [1.807, 2.05) is 24.3 Å². The summed E-state index contributed by atoms with van der Waals surface area (Å²) in [6, 6.07) is 7.69. The van der Waals surface area contributed by atoms with Gasteiger partial charge < -0.3 is 14.8 Å². The van der Waals surface area contributed by atoms with Gasteiger partial charge in [-0.2, -0.15) is 0 Å². The first-order valence-corrected chi connectivity index (χ1v) is 6.41. The van der Waals surface area contributed by atoms with E-state index < -0.39 is 0 Å². The molecule has 0 spiro atoms. The van der Waals surface area contributed by atoms with E-state index in [0.717, 1.165) is 49.9 Å². The van der Waals surface area contributed by atoms with Crippen LogP contribution in [0.15, 0.2) is 24.3 Å². The Kier molecular flexibility index (Phi) is 5.10. The van der Waals surface area contributed by atoms with E-state index in [0.29, 0.717) is 6.10 Å². The molecule has 1 heterocycles. The maximum absolute atomic E-state index is 5.81. The van der Waals surface area contributed by atoms with Gasteiger partial charge in [0.05, 0.1) is 12.7 Å². The van der Waals surface area contributed by atoms with Crippen LogP contribution < -0.4 is 5.32 Å². The second-order valence-corrected chi connectivity index (χ2v) is 4.55. The summed E-state index contributed by atoms with van der Waals surface area (Å²) in [6.07, 6.45) is 2.40. The van der Waals surface area contributed by atoms with Gasteiger partial charge in [-0.05, 0) is 37.1 Å². The Hall–Kier alpha value is -0.770. The molecule has 1 aliphatic rings. The summed E-state index contributed by atoms with van der Waals surface area (Å²) in [6.45, 7) is 3.21. The third-order valence-electron chi connectivity index (χ3n) is 2.80. The maximum atomic E-state index is 5.81. The van der Waals surface area contributed by atoms with E-state index in [2.05, 4.69) is 5.32 Å². The number of hydrogen-bond donors (Lipinski definition) is 1. The highest BCUT2D eigenvalue weighted by molar-refractivity contribution is 6.30. The number of anilines is 1. The Labute approximate surface area is 107 Å². The molecule has 17 heavy (non-hydrogen) atoms. The van der Waals surface area contributed by atoms with Crippen LogP contribution >= 0.6 is 11.6 Å². The molecule has 1 aliphatic heterocycles. The van der Waals surface area contributed by atoms with Crippen molar-refractivity contribution in [3.05, 3.63) is 29.3 Å². The van der Waals surface area contributed by atoms with E-state index in [9.17, 15) is 0 Å². The van der Waals surface area contributed by atoms with E-state index in [-0.39, 0.29) is 0 Å². The molecule has 0 bridgehead atoms. The molecule has 0 unspecified atom stereocenters. The second kappa shape index (κ2) is 6.84. The van der Waals surface area contributed by atoms with E-state index in [1.54, 1.807) is 0 Å². The van der Waals surface area contributed by atoms with E-state index in [1.165, 1.54) is 0 Å². The fourth-order valence-corrected chi connectivity index (χ4v) is 1.96. The van der Waals surface area contributed by atoms with E-state index >= 15 is 0 Å². The smallest absolute Gasteiger partial charge is 0.0642 e. The molecule has 0 amide bonds. The Morgan fingerprint density at radius 2 is 1.94 bits per heavy atom. The number of nitrogens with one attached hydrogen (secondary N) is 1. The number of halogens is 1. The minimum absolute atomic E-state index is 0.371. The van der Waals surface area contributed by atoms with Gasteiger partial charge in [0.15, 0.2) is 0 Å². The van der Waals surface area contributed by atoms with Crippen LogP contribution in [0.1, 0.15) is 12.8 Å². The highest BCUT2D eigenvalue weighted by atomic mass is 35.5. The van der Waals surface area contributed by atoms with Crippen molar-refractivity contribution in [3.63, 3.8) is 0 Å². The van der Waals surface area contributed by atoms with Gasteiger partial charge in [-0.3, -0.25) is 0 Å². The van der Waals surface area contributed by atoms with Crippen molar-refractivity contribution in [2.24, 2.45) is 0 Å². The number of benzene rings is 1. The molecule has 1 saturated heterocycles. The van der Waals surface area contributed by atoms with Crippen molar-refractivity contribution >= 4 is 17.3 Å². The van der Waals surface area contributed by atoms with Crippen molar-refractivity contribution in [1.29, 1.82) is 0 Å². The SMILES string of the molecule is Clc1ccc(NCCOC2CCOCC2)cc1. The lowest BCUT2D eigenvalue weighted by atomic mass is 10.2. The molecule has 1 aromatic carbocycles. The van der Waals surface area contributed by atoms with Crippen molar-refractivity contribution < 1.29 is 9.47 Å². The van der Waals surface area contributed by atoms with Gasteiger partial charge in [-0.15, -0.1) is 0 Å². The first kappa shape index (κ1) is 12.7. The Balaban J connectivity index is 1.60. The lowest BCUT2D eigenvalue weighted by Gasteiger charge is -2.22. The fraction of sp³-hybridized carbons (Fsp3) is 0.538. The molecule has 0 saturated carbocycles. The second-order valence-electron chi connectivity index (χ2n) is 4.12. The lowest BCUT2D eigenvalue weighted by Crippen LogP contribution is -2.25. The molecule has 94 valence electrons. The molecule has 0 aromatic heterocycles.